The van der Waals surface area contributed by atoms with Crippen molar-refractivity contribution in [3.05, 3.63) is 71.9 Å². The smallest absolute Gasteiger partial charge is 0.331 e. The molecule has 0 saturated heterocycles. The van der Waals surface area contributed by atoms with Gasteiger partial charge in [-0.2, -0.15) is 5.26 Å². The fraction of sp³-hybridized carbons (Fsp3) is 0.273. The zero-order valence-electron chi connectivity index (χ0n) is 17.6. The van der Waals surface area contributed by atoms with E-state index in [1.807, 2.05) is 10.6 Å². The molecule has 4 aromatic rings. The summed E-state index contributed by atoms with van der Waals surface area (Å²) in [6, 6.07) is 9.20. The van der Waals surface area contributed by atoms with Crippen molar-refractivity contribution in [2.45, 2.75) is 17.0 Å². The predicted molar refractivity (Wildman–Crippen MR) is 130 cm³/mol. The molecule has 11 heteroatoms. The van der Waals surface area contributed by atoms with Crippen molar-refractivity contribution >= 4 is 45.6 Å². The first kappa shape index (κ1) is 22.0. The summed E-state index contributed by atoms with van der Waals surface area (Å²) in [6.07, 6.45) is 0. The van der Waals surface area contributed by atoms with Crippen molar-refractivity contribution in [3.8, 4) is 17.3 Å². The number of nitriles is 1. The second-order valence-electron chi connectivity index (χ2n) is 7.80. The third-order valence-electron chi connectivity index (χ3n) is 5.85. The number of hydrogen-bond acceptors (Lipinski definition) is 7. The third-order valence-corrected chi connectivity index (χ3v) is 8.64. The van der Waals surface area contributed by atoms with E-state index in [1.165, 1.54) is 34.7 Å². The van der Waals surface area contributed by atoms with E-state index in [9.17, 15) is 20.0 Å². The minimum atomic E-state index is -0.427. The monoisotopic (exact) mass is 499 g/mol. The number of hydrogen-bond donors (Lipinski definition) is 1. The van der Waals surface area contributed by atoms with Gasteiger partial charge in [0.1, 0.15) is 10.2 Å². The molecule has 33 heavy (non-hydrogen) atoms. The molecule has 0 spiro atoms. The summed E-state index contributed by atoms with van der Waals surface area (Å²) in [5, 5.41) is 22.3. The molecular weight excluding hydrogens is 482 g/mol. The molecule has 0 saturated carbocycles. The van der Waals surface area contributed by atoms with Gasteiger partial charge in [-0.1, -0.05) is 23.7 Å². The number of nitrogens with zero attached hydrogens (tertiary/aromatic N) is 5. The van der Waals surface area contributed by atoms with Gasteiger partial charge in [-0.25, -0.2) is 9.78 Å². The summed E-state index contributed by atoms with van der Waals surface area (Å²) in [5.74, 6) is 0. The molecule has 0 radical (unpaired) electrons. The van der Waals surface area contributed by atoms with E-state index in [4.69, 9.17) is 11.6 Å². The molecule has 0 aliphatic carbocycles. The number of aryl methyl sites for hydroxylation is 1. The van der Waals surface area contributed by atoms with Gasteiger partial charge in [0.2, 0.25) is 0 Å². The van der Waals surface area contributed by atoms with E-state index >= 15 is 0 Å². The fourth-order valence-electron chi connectivity index (χ4n) is 4.40. The minimum Gasteiger partial charge on any atom is -0.395 e. The lowest BCUT2D eigenvalue weighted by Gasteiger charge is -2.30. The Labute approximate surface area is 201 Å². The van der Waals surface area contributed by atoms with E-state index in [0.717, 1.165) is 15.3 Å². The molecule has 8 nitrogen and oxygen atoms in total. The van der Waals surface area contributed by atoms with Crippen molar-refractivity contribution in [3.63, 3.8) is 0 Å². The molecule has 1 aliphatic rings. The zero-order chi connectivity index (χ0) is 23.4. The number of aliphatic hydroxyl groups is 1. The van der Waals surface area contributed by atoms with E-state index in [0.29, 0.717) is 39.4 Å². The molecule has 1 aliphatic heterocycles. The predicted octanol–water partition coefficient (Wildman–Crippen LogP) is 2.88. The maximum atomic E-state index is 13.4. The molecule has 1 aromatic carbocycles. The van der Waals surface area contributed by atoms with E-state index < -0.39 is 11.2 Å². The molecule has 168 valence electrons. The quantitative estimate of drug-likeness (QED) is 0.464. The molecule has 5 rings (SSSR count). The van der Waals surface area contributed by atoms with Gasteiger partial charge in [-0.15, -0.1) is 23.1 Å². The van der Waals surface area contributed by atoms with Gasteiger partial charge < -0.3 is 9.67 Å². The average Bonchev–Trinajstić information content (AvgIpc) is 3.42. The van der Waals surface area contributed by atoms with Crippen LogP contribution in [0.25, 0.3) is 22.2 Å². The summed E-state index contributed by atoms with van der Waals surface area (Å²) in [7, 11) is 3.11. The number of halogens is 1. The normalized spacial score (nSPS) is 17.8. The molecular formula is C22H18ClN5O3S2. The maximum absolute atomic E-state index is 13.4. The van der Waals surface area contributed by atoms with Crippen LogP contribution in [0.5, 0.6) is 0 Å². The van der Waals surface area contributed by atoms with Gasteiger partial charge in [0.05, 0.1) is 45.8 Å². The molecule has 0 amide bonds. The number of benzene rings is 1. The number of thiazole rings is 1. The Bertz CT molecular complexity index is 1580. The SMILES string of the molecule is Cn1c(=O)c2c(-c3cccc(C#N)c3)n3c(c2n(C)c1=O)[C@H](c1nc(Cl)cs1)S[C@@H](CO)C3. The van der Waals surface area contributed by atoms with Crippen molar-refractivity contribution < 1.29 is 5.11 Å². The number of rotatable bonds is 3. The lowest BCUT2D eigenvalue weighted by molar-refractivity contribution is 0.284. The van der Waals surface area contributed by atoms with Crippen LogP contribution < -0.4 is 11.2 Å². The lowest BCUT2D eigenvalue weighted by atomic mass is 10.1. The standard InChI is InChI=1S/C22H18ClN5O3S2/c1-26-17-15(21(30)27(2)22(26)31)16(12-5-3-4-11(6-12)7-24)28-8-13(9-29)33-19(18(17)28)20-25-14(23)10-32-20/h3-6,10,13,19,29H,8-9H2,1-2H3/t13-,19-/m1/s1. The molecule has 2 atom stereocenters. The summed E-state index contributed by atoms with van der Waals surface area (Å²) in [5.41, 5.74) is 2.24. The Morgan fingerprint density at radius 1 is 1.30 bits per heavy atom. The van der Waals surface area contributed by atoms with E-state index in [1.54, 1.807) is 30.6 Å². The van der Waals surface area contributed by atoms with Crippen LogP contribution in [0.4, 0.5) is 0 Å². The Hall–Kier alpha value is -2.84. The number of aliphatic hydroxyl groups excluding tert-OH is 1. The second kappa shape index (κ2) is 8.18. The van der Waals surface area contributed by atoms with Crippen LogP contribution >= 0.6 is 34.7 Å². The Morgan fingerprint density at radius 3 is 2.76 bits per heavy atom. The molecule has 4 heterocycles. The topological polar surface area (TPSA) is 106 Å². The fourth-order valence-corrected chi connectivity index (χ4v) is 6.91. The van der Waals surface area contributed by atoms with Gasteiger partial charge in [0.25, 0.3) is 5.56 Å². The van der Waals surface area contributed by atoms with E-state index in [-0.39, 0.29) is 17.1 Å². The summed E-state index contributed by atoms with van der Waals surface area (Å²) in [6.45, 7) is 0.368. The van der Waals surface area contributed by atoms with Gasteiger partial charge in [0, 0.05) is 36.8 Å². The number of fused-ring (bicyclic) bond motifs is 3. The average molecular weight is 500 g/mol. The van der Waals surface area contributed by atoms with Crippen LogP contribution in [0.3, 0.4) is 0 Å². The summed E-state index contributed by atoms with van der Waals surface area (Å²) < 4.78 is 4.58. The van der Waals surface area contributed by atoms with Crippen LogP contribution in [0.2, 0.25) is 5.15 Å². The molecule has 0 fully saturated rings. The molecule has 0 bridgehead atoms. The highest BCUT2D eigenvalue weighted by atomic mass is 35.5. The number of aromatic nitrogens is 4. The maximum Gasteiger partial charge on any atom is 0.331 e. The van der Waals surface area contributed by atoms with Gasteiger partial charge in [-0.05, 0) is 12.1 Å². The van der Waals surface area contributed by atoms with Crippen LogP contribution in [0.1, 0.15) is 21.5 Å². The van der Waals surface area contributed by atoms with Gasteiger partial charge in [-0.3, -0.25) is 13.9 Å². The Morgan fingerprint density at radius 2 is 2.09 bits per heavy atom. The highest BCUT2D eigenvalue weighted by Crippen LogP contribution is 2.49. The van der Waals surface area contributed by atoms with Gasteiger partial charge in [0.15, 0.2) is 0 Å². The van der Waals surface area contributed by atoms with Crippen LogP contribution in [0, 0.1) is 11.3 Å². The van der Waals surface area contributed by atoms with Crippen LogP contribution in [-0.4, -0.2) is 35.6 Å². The first-order valence-corrected chi connectivity index (χ1v) is 12.3. The molecule has 3 aromatic heterocycles. The van der Waals surface area contributed by atoms with E-state index in [2.05, 4.69) is 11.1 Å². The summed E-state index contributed by atoms with van der Waals surface area (Å²) in [4.78, 5) is 30.8. The lowest BCUT2D eigenvalue weighted by Crippen LogP contribution is -2.37. The summed E-state index contributed by atoms with van der Waals surface area (Å²) >= 11 is 9.06. The Balaban J connectivity index is 1.97. The van der Waals surface area contributed by atoms with Crippen LogP contribution in [-0.2, 0) is 20.6 Å². The Kier molecular flexibility index (Phi) is 5.45. The second-order valence-corrected chi connectivity index (χ2v) is 10.5. The third kappa shape index (κ3) is 3.35. The van der Waals surface area contributed by atoms with Crippen molar-refractivity contribution in [2.75, 3.05) is 6.61 Å². The molecule has 1 N–H and O–H groups in total. The first-order valence-electron chi connectivity index (χ1n) is 10.1. The van der Waals surface area contributed by atoms with Crippen molar-refractivity contribution in [1.29, 1.82) is 5.26 Å². The van der Waals surface area contributed by atoms with Crippen molar-refractivity contribution in [1.82, 2.24) is 18.7 Å². The van der Waals surface area contributed by atoms with Crippen molar-refractivity contribution in [2.24, 2.45) is 14.1 Å². The molecule has 0 unspecified atom stereocenters. The highest BCUT2D eigenvalue weighted by Gasteiger charge is 2.37. The van der Waals surface area contributed by atoms with Crippen LogP contribution in [0.15, 0.2) is 39.2 Å². The first-order chi connectivity index (χ1) is 15.8. The zero-order valence-corrected chi connectivity index (χ0v) is 20.0. The minimum absolute atomic E-state index is 0.0666. The highest BCUT2D eigenvalue weighted by molar-refractivity contribution is 8.00. The number of thioether (sulfide) groups is 1. The van der Waals surface area contributed by atoms with Gasteiger partial charge >= 0.3 is 5.69 Å². The largest absolute Gasteiger partial charge is 0.395 e.